The number of amides is 1. The van der Waals surface area contributed by atoms with Gasteiger partial charge in [-0.25, -0.2) is 23.1 Å². The van der Waals surface area contributed by atoms with Crippen LogP contribution in [0.25, 0.3) is 22.2 Å². The predicted octanol–water partition coefficient (Wildman–Crippen LogP) is 3.77. The Morgan fingerprint density at radius 2 is 1.67 bits per heavy atom. The van der Waals surface area contributed by atoms with Gasteiger partial charge in [0.15, 0.2) is 5.65 Å². The minimum atomic E-state index is -3.40. The normalized spacial score (nSPS) is 14.2. The van der Waals surface area contributed by atoms with Crippen molar-refractivity contribution in [1.29, 1.82) is 0 Å². The Morgan fingerprint density at radius 3 is 2.33 bits per heavy atom. The standard InChI is InChI=1S/C28H30Cl2N8O3S/c1-37-12-14-38(15-13-37)20-8-6-19(7-9-20)34-28-32-17-18-16-21(24-22(29)4-3-5-23(24)30)25(35-26(18)36-28)27(39)31-10-11-33-42(2,40)41/h3-9,16-17,33H,10-15H2,1-2H3,(H,31,39)(H,32,34,35,36). The molecule has 0 atom stereocenters. The maximum Gasteiger partial charge on any atom is 0.270 e. The van der Waals surface area contributed by atoms with Gasteiger partial charge in [0.1, 0.15) is 5.69 Å². The Hall–Kier alpha value is -3.55. The number of piperazine rings is 1. The van der Waals surface area contributed by atoms with Gasteiger partial charge >= 0.3 is 0 Å². The Bertz CT molecular complexity index is 1690. The van der Waals surface area contributed by atoms with Crippen molar-refractivity contribution in [3.8, 4) is 11.1 Å². The zero-order chi connectivity index (χ0) is 29.9. The van der Waals surface area contributed by atoms with Crippen LogP contribution < -0.4 is 20.3 Å². The van der Waals surface area contributed by atoms with E-state index in [9.17, 15) is 13.2 Å². The maximum atomic E-state index is 13.3. The average molecular weight is 630 g/mol. The van der Waals surface area contributed by atoms with Crippen LogP contribution >= 0.6 is 23.2 Å². The van der Waals surface area contributed by atoms with E-state index in [1.807, 2.05) is 12.1 Å². The van der Waals surface area contributed by atoms with Crippen LogP contribution in [0.4, 0.5) is 17.3 Å². The fourth-order valence-corrected chi connectivity index (χ4v) is 5.66. The average Bonchev–Trinajstić information content (AvgIpc) is 2.95. The van der Waals surface area contributed by atoms with Crippen molar-refractivity contribution in [1.82, 2.24) is 29.9 Å². The van der Waals surface area contributed by atoms with Gasteiger partial charge in [-0.05, 0) is 49.5 Å². The summed E-state index contributed by atoms with van der Waals surface area (Å²) in [4.78, 5) is 31.5. The number of anilines is 3. The maximum absolute atomic E-state index is 13.3. The van der Waals surface area contributed by atoms with Crippen molar-refractivity contribution in [3.63, 3.8) is 0 Å². The van der Waals surface area contributed by atoms with Gasteiger partial charge < -0.3 is 20.4 Å². The van der Waals surface area contributed by atoms with Crippen molar-refractivity contribution >= 4 is 67.5 Å². The molecule has 1 amide bonds. The van der Waals surface area contributed by atoms with Crippen LogP contribution in [-0.2, 0) is 10.0 Å². The van der Waals surface area contributed by atoms with Crippen LogP contribution in [0.5, 0.6) is 0 Å². The second-order valence-electron chi connectivity index (χ2n) is 9.97. The minimum Gasteiger partial charge on any atom is -0.369 e. The monoisotopic (exact) mass is 628 g/mol. The van der Waals surface area contributed by atoms with Gasteiger partial charge in [-0.3, -0.25) is 4.79 Å². The van der Waals surface area contributed by atoms with Gasteiger partial charge in [0, 0.05) is 83.4 Å². The molecule has 11 nitrogen and oxygen atoms in total. The second kappa shape index (κ2) is 12.8. The summed E-state index contributed by atoms with van der Waals surface area (Å²) < 4.78 is 25.1. The molecule has 42 heavy (non-hydrogen) atoms. The SMILES string of the molecule is CN1CCN(c2ccc(Nc3ncc4cc(-c5c(Cl)cccc5Cl)c(C(=O)NCCNS(C)(=O)=O)nc4n3)cc2)CC1. The molecule has 2 aromatic carbocycles. The highest BCUT2D eigenvalue weighted by Gasteiger charge is 2.21. The van der Waals surface area contributed by atoms with E-state index in [-0.39, 0.29) is 24.4 Å². The number of pyridine rings is 1. The third kappa shape index (κ3) is 7.26. The lowest BCUT2D eigenvalue weighted by atomic mass is 10.0. The van der Waals surface area contributed by atoms with Crippen LogP contribution in [0.1, 0.15) is 10.5 Å². The minimum absolute atomic E-state index is 0.0180. The molecule has 14 heteroatoms. The molecule has 220 valence electrons. The molecule has 0 spiro atoms. The molecule has 0 bridgehead atoms. The van der Waals surface area contributed by atoms with Crippen molar-refractivity contribution in [2.75, 3.05) is 62.8 Å². The number of nitrogens with zero attached hydrogens (tertiary/aromatic N) is 5. The van der Waals surface area contributed by atoms with Gasteiger partial charge in [0.25, 0.3) is 5.91 Å². The van der Waals surface area contributed by atoms with Gasteiger partial charge in [0.2, 0.25) is 16.0 Å². The molecule has 1 fully saturated rings. The number of halogens is 2. The van der Waals surface area contributed by atoms with Crippen molar-refractivity contribution in [3.05, 3.63) is 70.5 Å². The van der Waals surface area contributed by atoms with Crippen molar-refractivity contribution in [2.24, 2.45) is 0 Å². The number of fused-ring (bicyclic) bond motifs is 1. The zero-order valence-electron chi connectivity index (χ0n) is 23.1. The molecular formula is C28H30Cl2N8O3S. The van der Waals surface area contributed by atoms with E-state index in [1.54, 1.807) is 30.5 Å². The lowest BCUT2D eigenvalue weighted by Crippen LogP contribution is -2.44. The highest BCUT2D eigenvalue weighted by Crippen LogP contribution is 2.37. The molecule has 1 saturated heterocycles. The van der Waals surface area contributed by atoms with Crippen LogP contribution in [0.3, 0.4) is 0 Å². The van der Waals surface area contributed by atoms with E-state index < -0.39 is 15.9 Å². The van der Waals surface area contributed by atoms with Gasteiger partial charge in [-0.15, -0.1) is 0 Å². The zero-order valence-corrected chi connectivity index (χ0v) is 25.4. The first-order valence-corrected chi connectivity index (χ1v) is 15.9. The first-order valence-electron chi connectivity index (χ1n) is 13.2. The Labute approximate surface area is 254 Å². The number of carbonyl (C=O) groups is 1. The second-order valence-corrected chi connectivity index (χ2v) is 12.6. The van der Waals surface area contributed by atoms with E-state index in [1.165, 1.54) is 0 Å². The summed E-state index contributed by atoms with van der Waals surface area (Å²) in [5.41, 5.74) is 3.13. The molecule has 3 heterocycles. The number of hydrogen-bond donors (Lipinski definition) is 3. The fourth-order valence-electron chi connectivity index (χ4n) is 4.59. The largest absolute Gasteiger partial charge is 0.369 e. The highest BCUT2D eigenvalue weighted by molar-refractivity contribution is 7.88. The summed E-state index contributed by atoms with van der Waals surface area (Å²) in [6, 6.07) is 14.8. The molecule has 2 aromatic heterocycles. The van der Waals surface area contributed by atoms with E-state index in [0.29, 0.717) is 32.5 Å². The van der Waals surface area contributed by atoms with Crippen LogP contribution in [-0.4, -0.2) is 86.7 Å². The van der Waals surface area contributed by atoms with E-state index >= 15 is 0 Å². The topological polar surface area (TPSA) is 132 Å². The molecule has 3 N–H and O–H groups in total. The third-order valence-electron chi connectivity index (χ3n) is 6.78. The third-order valence-corrected chi connectivity index (χ3v) is 8.14. The highest BCUT2D eigenvalue weighted by atomic mass is 35.5. The molecule has 0 saturated carbocycles. The quantitative estimate of drug-likeness (QED) is 0.237. The van der Waals surface area contributed by atoms with Gasteiger partial charge in [0.05, 0.1) is 6.26 Å². The van der Waals surface area contributed by atoms with E-state index in [2.05, 4.69) is 59.3 Å². The summed E-state index contributed by atoms with van der Waals surface area (Å²) in [6.45, 7) is 4.08. The summed E-state index contributed by atoms with van der Waals surface area (Å²) >= 11 is 13.0. The smallest absolute Gasteiger partial charge is 0.270 e. The lowest BCUT2D eigenvalue weighted by Gasteiger charge is -2.34. The predicted molar refractivity (Wildman–Crippen MR) is 167 cm³/mol. The van der Waals surface area contributed by atoms with E-state index in [0.717, 1.165) is 43.8 Å². The summed E-state index contributed by atoms with van der Waals surface area (Å²) in [5, 5.41) is 7.16. The summed E-state index contributed by atoms with van der Waals surface area (Å²) in [5.74, 6) is -0.222. The first-order chi connectivity index (χ1) is 20.1. The molecule has 1 aliphatic rings. The number of rotatable bonds is 9. The van der Waals surface area contributed by atoms with Crippen molar-refractivity contribution < 1.29 is 13.2 Å². The fraction of sp³-hybridized carbons (Fsp3) is 0.286. The number of aromatic nitrogens is 3. The van der Waals surface area contributed by atoms with Gasteiger partial charge in [-0.2, -0.15) is 4.98 Å². The number of nitrogens with one attached hydrogen (secondary N) is 3. The summed E-state index contributed by atoms with van der Waals surface area (Å²) in [7, 11) is -1.27. The molecular weight excluding hydrogens is 599 g/mol. The molecule has 5 rings (SSSR count). The first kappa shape index (κ1) is 29.9. The van der Waals surface area contributed by atoms with Crippen LogP contribution in [0.2, 0.25) is 10.0 Å². The van der Waals surface area contributed by atoms with Crippen molar-refractivity contribution in [2.45, 2.75) is 0 Å². The molecule has 0 aliphatic carbocycles. The summed E-state index contributed by atoms with van der Waals surface area (Å²) in [6.07, 6.45) is 2.66. The molecule has 4 aromatic rings. The van der Waals surface area contributed by atoms with Crippen LogP contribution in [0.15, 0.2) is 54.7 Å². The number of sulfonamides is 1. The number of benzene rings is 2. The number of likely N-dealkylation sites (N-methyl/N-ethyl adjacent to an activating group) is 1. The number of carbonyl (C=O) groups excluding carboxylic acids is 1. The Morgan fingerprint density at radius 1 is 0.976 bits per heavy atom. The molecule has 0 radical (unpaired) electrons. The van der Waals surface area contributed by atoms with Crippen LogP contribution in [0, 0.1) is 0 Å². The van der Waals surface area contributed by atoms with E-state index in [4.69, 9.17) is 23.2 Å². The lowest BCUT2D eigenvalue weighted by molar-refractivity contribution is 0.0950. The Kier molecular flexibility index (Phi) is 9.09. The number of hydrogen-bond acceptors (Lipinski definition) is 9. The molecule has 1 aliphatic heterocycles. The van der Waals surface area contributed by atoms with Gasteiger partial charge in [-0.1, -0.05) is 29.3 Å². The Balaban J connectivity index is 1.42. The molecule has 0 unspecified atom stereocenters.